The van der Waals surface area contributed by atoms with Crippen molar-refractivity contribution in [2.45, 2.75) is 12.5 Å². The molecule has 6 nitrogen and oxygen atoms in total. The van der Waals surface area contributed by atoms with Crippen LogP contribution in [0.15, 0.2) is 30.3 Å². The molecule has 1 heterocycles. The Morgan fingerprint density at radius 2 is 2.15 bits per heavy atom. The lowest BCUT2D eigenvalue weighted by Gasteiger charge is -2.17. The molecule has 0 aromatic heterocycles. The third-order valence-corrected chi connectivity index (χ3v) is 3.12. The zero-order valence-corrected chi connectivity index (χ0v) is 11.5. The van der Waals surface area contributed by atoms with E-state index in [1.165, 1.54) is 0 Å². The van der Waals surface area contributed by atoms with Crippen LogP contribution in [0.5, 0.6) is 0 Å². The Kier molecular flexibility index (Phi) is 4.95. The average molecular weight is 277 g/mol. The summed E-state index contributed by atoms with van der Waals surface area (Å²) in [5, 5.41) is 5.47. The number of carbonyl (C=O) groups excluding carboxylic acids is 2. The van der Waals surface area contributed by atoms with E-state index in [4.69, 9.17) is 4.74 Å². The molecule has 3 amide bonds. The number of anilines is 1. The van der Waals surface area contributed by atoms with Crippen LogP contribution >= 0.6 is 0 Å². The van der Waals surface area contributed by atoms with Crippen molar-refractivity contribution in [1.29, 1.82) is 0 Å². The van der Waals surface area contributed by atoms with Crippen molar-refractivity contribution in [1.82, 2.24) is 10.6 Å². The van der Waals surface area contributed by atoms with Crippen molar-refractivity contribution in [2.24, 2.45) is 0 Å². The number of amides is 3. The van der Waals surface area contributed by atoms with Gasteiger partial charge in [-0.2, -0.15) is 0 Å². The predicted molar refractivity (Wildman–Crippen MR) is 75.6 cm³/mol. The monoisotopic (exact) mass is 277 g/mol. The highest BCUT2D eigenvalue weighted by atomic mass is 16.5. The first kappa shape index (κ1) is 14.3. The van der Waals surface area contributed by atoms with Crippen LogP contribution in [0, 0.1) is 0 Å². The molecule has 1 aromatic rings. The van der Waals surface area contributed by atoms with Gasteiger partial charge in [0.15, 0.2) is 0 Å². The molecular formula is C14H19N3O3. The lowest BCUT2D eigenvalue weighted by Crippen LogP contribution is -2.44. The van der Waals surface area contributed by atoms with Crippen LogP contribution in [0.2, 0.25) is 0 Å². The Bertz CT molecular complexity index is 464. The first-order valence-electron chi connectivity index (χ1n) is 6.59. The number of urea groups is 1. The van der Waals surface area contributed by atoms with Gasteiger partial charge in [0.05, 0.1) is 12.6 Å². The number of nitrogens with one attached hydrogen (secondary N) is 2. The van der Waals surface area contributed by atoms with Gasteiger partial charge >= 0.3 is 6.03 Å². The van der Waals surface area contributed by atoms with Gasteiger partial charge < -0.3 is 20.3 Å². The maximum atomic E-state index is 12.0. The fraction of sp³-hybridized carbons (Fsp3) is 0.429. The summed E-state index contributed by atoms with van der Waals surface area (Å²) in [6.45, 7) is 1.42. The summed E-state index contributed by atoms with van der Waals surface area (Å²) in [4.78, 5) is 25.3. The molecule has 6 heteroatoms. The molecule has 1 unspecified atom stereocenters. The van der Waals surface area contributed by atoms with Crippen LogP contribution in [-0.4, -0.2) is 44.8 Å². The standard InChI is InChI=1S/C14H19N3O3/c1-20-8-7-15-14(19)16-11-9-13(18)17(10-11)12-5-3-2-4-6-12/h2-6,11H,7-10H2,1H3,(H2,15,16,19). The van der Waals surface area contributed by atoms with Crippen LogP contribution in [0.3, 0.4) is 0 Å². The van der Waals surface area contributed by atoms with Gasteiger partial charge in [0.2, 0.25) is 5.91 Å². The molecule has 1 atom stereocenters. The van der Waals surface area contributed by atoms with Gasteiger partial charge in [-0.3, -0.25) is 4.79 Å². The van der Waals surface area contributed by atoms with E-state index in [1.54, 1.807) is 12.0 Å². The van der Waals surface area contributed by atoms with Crippen molar-refractivity contribution in [2.75, 3.05) is 31.7 Å². The van der Waals surface area contributed by atoms with Gasteiger partial charge in [0, 0.05) is 32.3 Å². The van der Waals surface area contributed by atoms with Gasteiger partial charge in [0.25, 0.3) is 0 Å². The van der Waals surface area contributed by atoms with E-state index in [0.717, 1.165) is 5.69 Å². The van der Waals surface area contributed by atoms with Crippen LogP contribution in [0.4, 0.5) is 10.5 Å². The lowest BCUT2D eigenvalue weighted by atomic mass is 10.2. The minimum atomic E-state index is -0.269. The summed E-state index contributed by atoms with van der Waals surface area (Å²) >= 11 is 0. The van der Waals surface area contributed by atoms with Crippen molar-refractivity contribution in [3.8, 4) is 0 Å². The lowest BCUT2D eigenvalue weighted by molar-refractivity contribution is -0.117. The second kappa shape index (κ2) is 6.91. The summed E-state index contributed by atoms with van der Waals surface area (Å²) in [5.41, 5.74) is 0.863. The second-order valence-electron chi connectivity index (χ2n) is 4.63. The van der Waals surface area contributed by atoms with Crippen LogP contribution in [-0.2, 0) is 9.53 Å². The van der Waals surface area contributed by atoms with Crippen LogP contribution in [0.1, 0.15) is 6.42 Å². The quantitative estimate of drug-likeness (QED) is 0.780. The number of hydrogen-bond donors (Lipinski definition) is 2. The molecule has 0 spiro atoms. The van der Waals surface area contributed by atoms with Gasteiger partial charge in [0.1, 0.15) is 0 Å². The number of hydrogen-bond acceptors (Lipinski definition) is 3. The molecule has 0 bridgehead atoms. The molecule has 1 fully saturated rings. The normalized spacial score (nSPS) is 18.1. The summed E-state index contributed by atoms with van der Waals surface area (Å²) in [6.07, 6.45) is 0.326. The van der Waals surface area contributed by atoms with Gasteiger partial charge in [-0.1, -0.05) is 18.2 Å². The Labute approximate surface area is 118 Å². The first-order valence-corrected chi connectivity index (χ1v) is 6.59. The SMILES string of the molecule is COCCNC(=O)NC1CC(=O)N(c2ccccc2)C1. The van der Waals surface area contributed by atoms with E-state index in [-0.39, 0.29) is 18.0 Å². The highest BCUT2D eigenvalue weighted by Gasteiger charge is 2.31. The van der Waals surface area contributed by atoms with E-state index in [0.29, 0.717) is 26.1 Å². The molecule has 1 saturated heterocycles. The summed E-state index contributed by atoms with van der Waals surface area (Å²) in [7, 11) is 1.58. The van der Waals surface area contributed by atoms with E-state index in [1.807, 2.05) is 30.3 Å². The number of benzene rings is 1. The Morgan fingerprint density at radius 1 is 1.40 bits per heavy atom. The van der Waals surface area contributed by atoms with Gasteiger partial charge in [-0.05, 0) is 12.1 Å². The number of para-hydroxylation sites is 1. The topological polar surface area (TPSA) is 70.7 Å². The van der Waals surface area contributed by atoms with Crippen molar-refractivity contribution in [3.63, 3.8) is 0 Å². The molecule has 2 N–H and O–H groups in total. The number of ether oxygens (including phenoxy) is 1. The minimum absolute atomic E-state index is 0.0263. The fourth-order valence-corrected chi connectivity index (χ4v) is 2.16. The largest absolute Gasteiger partial charge is 0.383 e. The van der Waals surface area contributed by atoms with Crippen molar-refractivity contribution in [3.05, 3.63) is 30.3 Å². The minimum Gasteiger partial charge on any atom is -0.383 e. The van der Waals surface area contributed by atoms with Crippen LogP contribution < -0.4 is 15.5 Å². The van der Waals surface area contributed by atoms with E-state index >= 15 is 0 Å². The predicted octanol–water partition coefficient (Wildman–Crippen LogP) is 0.737. The van der Waals surface area contributed by atoms with Gasteiger partial charge in [-0.25, -0.2) is 4.79 Å². The molecule has 0 radical (unpaired) electrons. The summed E-state index contributed by atoms with van der Waals surface area (Å²) in [5.74, 6) is 0.0263. The number of rotatable bonds is 5. The second-order valence-corrected chi connectivity index (χ2v) is 4.63. The molecule has 0 aliphatic carbocycles. The van der Waals surface area contributed by atoms with Crippen LogP contribution in [0.25, 0.3) is 0 Å². The number of methoxy groups -OCH3 is 1. The Morgan fingerprint density at radius 3 is 2.85 bits per heavy atom. The molecule has 1 aliphatic rings. The molecule has 2 rings (SSSR count). The maximum Gasteiger partial charge on any atom is 0.315 e. The van der Waals surface area contributed by atoms with E-state index in [2.05, 4.69) is 10.6 Å². The average Bonchev–Trinajstić information content (AvgIpc) is 2.81. The maximum absolute atomic E-state index is 12.0. The summed E-state index contributed by atoms with van der Waals surface area (Å²) in [6, 6.07) is 9.03. The third kappa shape index (κ3) is 3.71. The zero-order valence-electron chi connectivity index (χ0n) is 11.5. The first-order chi connectivity index (χ1) is 9.70. The Hall–Kier alpha value is -2.08. The van der Waals surface area contributed by atoms with E-state index < -0.39 is 0 Å². The smallest absolute Gasteiger partial charge is 0.315 e. The third-order valence-electron chi connectivity index (χ3n) is 3.12. The number of carbonyl (C=O) groups is 2. The number of nitrogens with zero attached hydrogens (tertiary/aromatic N) is 1. The molecule has 1 aromatic carbocycles. The summed E-state index contributed by atoms with van der Waals surface area (Å²) < 4.78 is 4.85. The Balaban J connectivity index is 1.85. The molecular weight excluding hydrogens is 258 g/mol. The molecule has 20 heavy (non-hydrogen) atoms. The molecule has 0 saturated carbocycles. The van der Waals surface area contributed by atoms with Gasteiger partial charge in [-0.15, -0.1) is 0 Å². The van der Waals surface area contributed by atoms with Crippen molar-refractivity contribution < 1.29 is 14.3 Å². The highest BCUT2D eigenvalue weighted by Crippen LogP contribution is 2.20. The molecule has 1 aliphatic heterocycles. The zero-order chi connectivity index (χ0) is 14.4. The molecule has 108 valence electrons. The fourth-order valence-electron chi connectivity index (χ4n) is 2.16. The highest BCUT2D eigenvalue weighted by molar-refractivity contribution is 5.96. The van der Waals surface area contributed by atoms with E-state index in [9.17, 15) is 9.59 Å². The van der Waals surface area contributed by atoms with Crippen molar-refractivity contribution >= 4 is 17.6 Å².